The zero-order chi connectivity index (χ0) is 27.8. The Labute approximate surface area is 222 Å². The number of amides is 1. The Bertz CT molecular complexity index is 1340. The van der Waals surface area contributed by atoms with Gasteiger partial charge >= 0.3 is 6.18 Å². The minimum atomic E-state index is -4.63. The van der Waals surface area contributed by atoms with Crippen LogP contribution in [0.1, 0.15) is 43.2 Å². The van der Waals surface area contributed by atoms with Gasteiger partial charge in [-0.05, 0) is 55.7 Å². The van der Waals surface area contributed by atoms with Gasteiger partial charge in [-0.15, -0.1) is 0 Å². The molecule has 0 radical (unpaired) electrons. The predicted molar refractivity (Wildman–Crippen MR) is 136 cm³/mol. The number of carbonyl (C=O) groups is 2. The van der Waals surface area contributed by atoms with Crippen LogP contribution >= 0.6 is 11.6 Å². The lowest BCUT2D eigenvalue weighted by Crippen LogP contribution is -2.35. The molecule has 0 bridgehead atoms. The number of methoxy groups -OCH3 is 3. The number of benzene rings is 2. The Hall–Kier alpha value is -3.66. The summed E-state index contributed by atoms with van der Waals surface area (Å²) in [4.78, 5) is 26.9. The third-order valence-electron chi connectivity index (χ3n) is 6.58. The number of hydrogen-bond acceptors (Lipinski definition) is 6. The van der Waals surface area contributed by atoms with Crippen LogP contribution in [-0.4, -0.2) is 33.0 Å². The first kappa shape index (κ1) is 27.4. The first-order valence-corrected chi connectivity index (χ1v) is 12.1. The van der Waals surface area contributed by atoms with Gasteiger partial charge in [-0.2, -0.15) is 13.2 Å². The fourth-order valence-electron chi connectivity index (χ4n) is 4.87. The van der Waals surface area contributed by atoms with E-state index in [0.717, 1.165) is 18.2 Å². The van der Waals surface area contributed by atoms with E-state index in [2.05, 4.69) is 10.6 Å². The summed E-state index contributed by atoms with van der Waals surface area (Å²) in [7, 11) is 4.35. The maximum absolute atomic E-state index is 13.7. The van der Waals surface area contributed by atoms with Crippen LogP contribution in [0.15, 0.2) is 52.9 Å². The van der Waals surface area contributed by atoms with E-state index in [1.54, 1.807) is 19.1 Å². The Balaban J connectivity index is 1.86. The fourth-order valence-corrected chi connectivity index (χ4v) is 5.04. The fraction of sp³-hybridized carbons (Fsp3) is 0.333. The van der Waals surface area contributed by atoms with Crippen molar-refractivity contribution in [3.8, 4) is 17.2 Å². The molecular formula is C27H26ClF3N2O5. The highest BCUT2D eigenvalue weighted by molar-refractivity contribution is 6.34. The third kappa shape index (κ3) is 5.05. The lowest BCUT2D eigenvalue weighted by Gasteiger charge is -2.35. The van der Waals surface area contributed by atoms with Crippen LogP contribution in [0.25, 0.3) is 0 Å². The van der Waals surface area contributed by atoms with Crippen molar-refractivity contribution < 1.29 is 37.0 Å². The monoisotopic (exact) mass is 550 g/mol. The average Bonchev–Trinajstić information content (AvgIpc) is 2.87. The van der Waals surface area contributed by atoms with E-state index < -0.39 is 23.6 Å². The molecule has 1 unspecified atom stereocenters. The van der Waals surface area contributed by atoms with Gasteiger partial charge in [0, 0.05) is 34.9 Å². The normalized spacial score (nSPS) is 17.6. The van der Waals surface area contributed by atoms with Gasteiger partial charge in [0.25, 0.3) is 5.91 Å². The molecule has 1 amide bonds. The van der Waals surface area contributed by atoms with Crippen molar-refractivity contribution in [2.24, 2.45) is 0 Å². The molecule has 0 saturated carbocycles. The van der Waals surface area contributed by atoms with Gasteiger partial charge in [-0.3, -0.25) is 9.59 Å². The van der Waals surface area contributed by atoms with Crippen molar-refractivity contribution in [1.82, 2.24) is 5.32 Å². The molecule has 11 heteroatoms. The SMILES string of the molecule is COc1cc(C2C(C(=O)Nc3cc(C(F)(F)F)ccc3Cl)=C(C)NC3=C2C(=O)CCC3)cc(OC)c1OC. The minimum Gasteiger partial charge on any atom is -0.493 e. The van der Waals surface area contributed by atoms with Gasteiger partial charge in [0.05, 0.1) is 37.6 Å². The second-order valence-electron chi connectivity index (χ2n) is 8.87. The summed E-state index contributed by atoms with van der Waals surface area (Å²) >= 11 is 6.14. The Kier molecular flexibility index (Phi) is 7.64. The number of anilines is 1. The number of Topliss-reactive ketones (excluding diaryl/α,β-unsaturated/α-hetero) is 1. The summed E-state index contributed by atoms with van der Waals surface area (Å²) in [5, 5.41) is 5.63. The highest BCUT2D eigenvalue weighted by Gasteiger charge is 2.40. The molecule has 202 valence electrons. The van der Waals surface area contributed by atoms with Crippen molar-refractivity contribution >= 4 is 29.0 Å². The summed E-state index contributed by atoms with van der Waals surface area (Å²) in [6.07, 6.45) is -3.07. The lowest BCUT2D eigenvalue weighted by molar-refractivity contribution is -0.137. The van der Waals surface area contributed by atoms with Crippen LogP contribution in [0.2, 0.25) is 5.02 Å². The molecule has 1 aliphatic carbocycles. The molecule has 0 spiro atoms. The van der Waals surface area contributed by atoms with Gasteiger partial charge in [0.15, 0.2) is 17.3 Å². The number of dihydropyridines is 1. The van der Waals surface area contributed by atoms with E-state index in [0.29, 0.717) is 59.0 Å². The zero-order valence-corrected chi connectivity index (χ0v) is 21.9. The molecule has 2 N–H and O–H groups in total. The molecule has 2 aliphatic rings. The molecule has 38 heavy (non-hydrogen) atoms. The maximum Gasteiger partial charge on any atom is 0.416 e. The third-order valence-corrected chi connectivity index (χ3v) is 6.91. The van der Waals surface area contributed by atoms with Crippen molar-refractivity contribution in [2.75, 3.05) is 26.6 Å². The molecule has 7 nitrogen and oxygen atoms in total. The summed E-state index contributed by atoms with van der Waals surface area (Å²) in [6, 6.07) is 5.99. The van der Waals surface area contributed by atoms with E-state index in [9.17, 15) is 22.8 Å². The van der Waals surface area contributed by atoms with Crippen molar-refractivity contribution in [1.29, 1.82) is 0 Å². The highest BCUT2D eigenvalue weighted by atomic mass is 35.5. The number of alkyl halides is 3. The topological polar surface area (TPSA) is 85.9 Å². The standard InChI is InChI=1S/C27H26ClF3N2O5/c1-13-22(26(35)33-18-12-15(27(29,30)31)8-9-16(18)28)23(24-17(32-13)6-5-7-19(24)34)14-10-20(36-2)25(38-4)21(11-14)37-3/h8-12,23,32H,5-7H2,1-4H3,(H,33,35). The van der Waals surface area contributed by atoms with E-state index in [4.69, 9.17) is 25.8 Å². The number of nitrogens with one attached hydrogen (secondary N) is 2. The maximum atomic E-state index is 13.7. The van der Waals surface area contributed by atoms with Gasteiger partial charge in [-0.25, -0.2) is 0 Å². The van der Waals surface area contributed by atoms with Crippen molar-refractivity contribution in [3.63, 3.8) is 0 Å². The van der Waals surface area contributed by atoms with Crippen molar-refractivity contribution in [3.05, 3.63) is 69.0 Å². The van der Waals surface area contributed by atoms with E-state index in [1.807, 2.05) is 0 Å². The molecule has 4 rings (SSSR count). The summed E-state index contributed by atoms with van der Waals surface area (Å²) in [5.74, 6) is -0.711. The van der Waals surface area contributed by atoms with E-state index in [1.165, 1.54) is 21.3 Å². The minimum absolute atomic E-state index is 0.0636. The van der Waals surface area contributed by atoms with Gasteiger partial charge in [0.2, 0.25) is 5.75 Å². The molecule has 2 aromatic carbocycles. The molecule has 0 saturated heterocycles. The molecule has 1 heterocycles. The lowest BCUT2D eigenvalue weighted by atomic mass is 9.75. The number of halogens is 4. The number of carbonyl (C=O) groups excluding carboxylic acids is 2. The van der Waals surface area contributed by atoms with Crippen LogP contribution < -0.4 is 24.8 Å². The smallest absolute Gasteiger partial charge is 0.416 e. The van der Waals surface area contributed by atoms with Crippen LogP contribution in [0.4, 0.5) is 18.9 Å². The second-order valence-corrected chi connectivity index (χ2v) is 9.28. The number of allylic oxidation sites excluding steroid dienone is 3. The molecule has 1 aliphatic heterocycles. The molecule has 0 fully saturated rings. The largest absolute Gasteiger partial charge is 0.493 e. The van der Waals surface area contributed by atoms with Gasteiger partial charge in [0.1, 0.15) is 0 Å². The Morgan fingerprint density at radius 1 is 1.05 bits per heavy atom. The van der Waals surface area contributed by atoms with Gasteiger partial charge in [-0.1, -0.05) is 11.6 Å². The number of rotatable bonds is 6. The summed E-state index contributed by atoms with van der Waals surface area (Å²) < 4.78 is 56.3. The van der Waals surface area contributed by atoms with Gasteiger partial charge < -0.3 is 24.8 Å². The Morgan fingerprint density at radius 2 is 1.71 bits per heavy atom. The highest BCUT2D eigenvalue weighted by Crippen LogP contribution is 2.47. The second kappa shape index (κ2) is 10.6. The number of hydrogen-bond donors (Lipinski definition) is 2. The zero-order valence-electron chi connectivity index (χ0n) is 21.1. The van der Waals surface area contributed by atoms with Crippen LogP contribution in [-0.2, 0) is 15.8 Å². The Morgan fingerprint density at radius 3 is 2.29 bits per heavy atom. The molecule has 1 atom stereocenters. The number of ether oxygens (including phenoxy) is 3. The first-order valence-electron chi connectivity index (χ1n) is 11.7. The average molecular weight is 551 g/mol. The first-order chi connectivity index (χ1) is 18.0. The van der Waals surface area contributed by atoms with Crippen LogP contribution in [0, 0.1) is 0 Å². The predicted octanol–water partition coefficient (Wildman–Crippen LogP) is 5.99. The number of ketones is 1. The van der Waals surface area contributed by atoms with E-state index >= 15 is 0 Å². The summed E-state index contributed by atoms with van der Waals surface area (Å²) in [5.41, 5.74) is 1.08. The molecule has 2 aromatic rings. The van der Waals surface area contributed by atoms with Crippen molar-refractivity contribution in [2.45, 2.75) is 38.3 Å². The van der Waals surface area contributed by atoms with Crippen LogP contribution in [0.5, 0.6) is 17.2 Å². The van der Waals surface area contributed by atoms with E-state index in [-0.39, 0.29) is 22.1 Å². The van der Waals surface area contributed by atoms with Crippen LogP contribution in [0.3, 0.4) is 0 Å². The molecule has 0 aromatic heterocycles. The quantitative estimate of drug-likeness (QED) is 0.459. The summed E-state index contributed by atoms with van der Waals surface area (Å²) in [6.45, 7) is 1.68. The molecular weight excluding hydrogens is 525 g/mol.